The van der Waals surface area contributed by atoms with E-state index < -0.39 is 39.7 Å². The van der Waals surface area contributed by atoms with Crippen LogP contribution in [0.15, 0.2) is 4.79 Å². The van der Waals surface area contributed by atoms with Gasteiger partial charge >= 0.3 is 6.72 Å². The van der Waals surface area contributed by atoms with E-state index in [2.05, 4.69) is 20.3 Å². The van der Waals surface area contributed by atoms with E-state index in [9.17, 15) is 18.9 Å². The summed E-state index contributed by atoms with van der Waals surface area (Å²) in [6, 6.07) is 0. The Morgan fingerprint density at radius 1 is 1.35 bits per heavy atom. The minimum absolute atomic E-state index is 0.0102. The molecule has 1 saturated heterocycles. The molecule has 0 aliphatic carbocycles. The van der Waals surface area contributed by atoms with Gasteiger partial charge in [-0.3, -0.25) is 24.4 Å². The van der Waals surface area contributed by atoms with Crippen LogP contribution < -0.4 is 10.9 Å². The minimum atomic E-state index is -3.88. The Balaban J connectivity index is 1.65. The number of nitrogens with zero attached hydrogens (tertiary/aromatic N) is 3. The number of amides is 1. The number of fused-ring (bicyclic) bond motifs is 5. The van der Waals surface area contributed by atoms with Gasteiger partial charge in [-0.05, 0) is 11.8 Å². The number of carbonyl (C=O) groups is 1. The Morgan fingerprint density at radius 2 is 2.15 bits per heavy atom. The second-order valence-electron chi connectivity index (χ2n) is 7.86. The van der Waals surface area contributed by atoms with Crippen molar-refractivity contribution >= 4 is 50.6 Å². The van der Waals surface area contributed by atoms with Gasteiger partial charge in [0.1, 0.15) is 24.6 Å². The van der Waals surface area contributed by atoms with Crippen LogP contribution in [-0.4, -0.2) is 68.5 Å². The van der Waals surface area contributed by atoms with E-state index in [4.69, 9.17) is 34.6 Å². The maximum absolute atomic E-state index is 14.6. The number of H-pyrrole nitrogens is 1. The van der Waals surface area contributed by atoms with Crippen molar-refractivity contribution < 1.29 is 36.9 Å². The summed E-state index contributed by atoms with van der Waals surface area (Å²) in [4.78, 5) is 46.2. The molecule has 0 saturated carbocycles. The molecule has 5 atom stereocenters. The second-order valence-corrected chi connectivity index (χ2v) is 11.4. The van der Waals surface area contributed by atoms with Crippen molar-refractivity contribution in [3.8, 4) is 0 Å². The number of aromatic amines is 1. The Hall–Kier alpha value is -1.41. The van der Waals surface area contributed by atoms with Crippen molar-refractivity contribution in [2.45, 2.75) is 45.4 Å². The Kier molecular flexibility index (Phi) is 8.07. The SMILES string of the molecule is CC(C)C(=O)Nc1nc2c(nc3n2CCOPOC[C@H]2OC[C@H](OP(O)(=S)OC3)[C@@H]2F)c(=O)[nH]1. The van der Waals surface area contributed by atoms with Crippen molar-refractivity contribution in [1.29, 1.82) is 0 Å². The van der Waals surface area contributed by atoms with Gasteiger partial charge in [-0.2, -0.15) is 4.98 Å². The third kappa shape index (κ3) is 5.86. The fraction of sp³-hybridized carbons (Fsp3) is 0.647. The highest BCUT2D eigenvalue weighted by molar-refractivity contribution is 8.07. The van der Waals surface area contributed by atoms with Crippen LogP contribution in [-0.2, 0) is 52.6 Å². The van der Waals surface area contributed by atoms with Gasteiger partial charge in [-0.25, -0.2) is 9.37 Å². The lowest BCUT2D eigenvalue weighted by molar-refractivity contribution is -0.118. The Bertz CT molecular complexity index is 1160. The van der Waals surface area contributed by atoms with Crippen molar-refractivity contribution in [2.75, 3.05) is 25.1 Å². The molecule has 17 heteroatoms. The van der Waals surface area contributed by atoms with Gasteiger partial charge in [-0.1, -0.05) is 13.8 Å². The molecule has 188 valence electrons. The summed E-state index contributed by atoms with van der Waals surface area (Å²) < 4.78 is 43.0. The van der Waals surface area contributed by atoms with E-state index in [1.54, 1.807) is 18.4 Å². The number of rotatable bonds is 2. The minimum Gasteiger partial charge on any atom is -0.370 e. The molecule has 0 radical (unpaired) electrons. The summed E-state index contributed by atoms with van der Waals surface area (Å²) in [7, 11) is -0.390. The van der Waals surface area contributed by atoms with Gasteiger partial charge in [0.05, 0.1) is 19.8 Å². The number of nitrogens with one attached hydrogen (secondary N) is 2. The van der Waals surface area contributed by atoms with Crippen LogP contribution in [0.25, 0.3) is 11.2 Å². The first-order valence-electron chi connectivity index (χ1n) is 10.3. The highest BCUT2D eigenvalue weighted by Gasteiger charge is 2.41. The molecule has 4 heterocycles. The monoisotopic (exact) mass is 539 g/mol. The normalized spacial score (nSPS) is 29.6. The number of hydrogen-bond donors (Lipinski definition) is 3. The van der Waals surface area contributed by atoms with E-state index in [1.807, 2.05) is 0 Å². The van der Waals surface area contributed by atoms with Gasteiger partial charge in [-0.15, -0.1) is 0 Å². The van der Waals surface area contributed by atoms with Crippen LogP contribution in [0.5, 0.6) is 0 Å². The van der Waals surface area contributed by atoms with Crippen LogP contribution >= 0.6 is 15.8 Å². The second kappa shape index (κ2) is 10.7. The topological polar surface area (TPSA) is 159 Å². The number of halogens is 1. The van der Waals surface area contributed by atoms with Gasteiger partial charge < -0.3 is 27.8 Å². The fourth-order valence-electron chi connectivity index (χ4n) is 3.27. The fourth-order valence-corrected chi connectivity index (χ4v) is 5.11. The van der Waals surface area contributed by atoms with Gasteiger partial charge in [0, 0.05) is 12.5 Å². The summed E-state index contributed by atoms with van der Waals surface area (Å²) >= 11 is 5.03. The molecule has 2 unspecified atom stereocenters. The van der Waals surface area contributed by atoms with Crippen molar-refractivity contribution in [2.24, 2.45) is 5.92 Å². The predicted molar refractivity (Wildman–Crippen MR) is 123 cm³/mol. The lowest BCUT2D eigenvalue weighted by atomic mass is 10.2. The summed E-state index contributed by atoms with van der Waals surface area (Å²) in [6.45, 7) is -0.690. The highest BCUT2D eigenvalue weighted by Crippen LogP contribution is 2.48. The average Bonchev–Trinajstić information content (AvgIpc) is 3.29. The molecule has 34 heavy (non-hydrogen) atoms. The molecule has 2 aliphatic heterocycles. The largest absolute Gasteiger partial charge is 0.370 e. The third-order valence-corrected chi connectivity index (χ3v) is 7.22. The van der Waals surface area contributed by atoms with Crippen LogP contribution in [0, 0.1) is 5.92 Å². The van der Waals surface area contributed by atoms with Crippen LogP contribution in [0.1, 0.15) is 19.7 Å². The quantitative estimate of drug-likeness (QED) is 0.470. The zero-order valence-electron chi connectivity index (χ0n) is 18.2. The molecule has 1 fully saturated rings. The molecular weight excluding hydrogens is 515 g/mol. The lowest BCUT2D eigenvalue weighted by Gasteiger charge is -2.21. The smallest absolute Gasteiger partial charge is 0.325 e. The number of carbonyl (C=O) groups excluding carboxylic acids is 1. The van der Waals surface area contributed by atoms with Gasteiger partial charge in [0.15, 0.2) is 26.4 Å². The highest BCUT2D eigenvalue weighted by atomic mass is 32.5. The van der Waals surface area contributed by atoms with Crippen molar-refractivity contribution in [3.63, 3.8) is 0 Å². The molecule has 2 aromatic heterocycles. The number of alkyl halides is 1. The summed E-state index contributed by atoms with van der Waals surface area (Å²) in [5.74, 6) is -0.494. The van der Waals surface area contributed by atoms with Gasteiger partial charge in [0.2, 0.25) is 11.9 Å². The molecule has 4 rings (SSSR count). The summed E-state index contributed by atoms with van der Waals surface area (Å²) in [5, 5.41) is 2.55. The lowest BCUT2D eigenvalue weighted by Crippen LogP contribution is -2.30. The molecule has 3 N–H and O–H groups in total. The van der Waals surface area contributed by atoms with Gasteiger partial charge in [0.25, 0.3) is 5.56 Å². The number of anilines is 1. The zero-order chi connectivity index (χ0) is 24.5. The maximum Gasteiger partial charge on any atom is 0.325 e. The van der Waals surface area contributed by atoms with E-state index in [0.717, 1.165) is 0 Å². The van der Waals surface area contributed by atoms with E-state index in [1.165, 1.54) is 0 Å². The molecule has 1 amide bonds. The van der Waals surface area contributed by atoms with Crippen molar-refractivity contribution in [1.82, 2.24) is 19.5 Å². The van der Waals surface area contributed by atoms with E-state index in [-0.39, 0.29) is 67.7 Å². The van der Waals surface area contributed by atoms with Crippen LogP contribution in [0.3, 0.4) is 0 Å². The first-order valence-corrected chi connectivity index (χ1v) is 13.8. The average molecular weight is 539 g/mol. The number of aromatic nitrogens is 4. The zero-order valence-corrected chi connectivity index (χ0v) is 20.9. The standard InChI is InChI=1S/C17H24FN5O8P2S/c1-8(2)15(24)21-17-20-14-13(16(25)22-17)19-11-7-30-33(26,34)31-10-5-27-9(12(10)18)6-29-32-28-4-3-23(11)14/h8-10,12,32H,3-7H2,1-2H3,(H,26,34)(H2,20,21,22,24,25)/t9-,10+,12-,33?/m1/s1. The Morgan fingerprint density at radius 3 is 2.91 bits per heavy atom. The molecule has 0 aromatic carbocycles. The Labute approximate surface area is 199 Å². The molecular formula is C17H24FN5O8P2S. The first-order chi connectivity index (χ1) is 16.1. The molecule has 2 aliphatic rings. The molecule has 13 nitrogen and oxygen atoms in total. The maximum atomic E-state index is 14.6. The van der Waals surface area contributed by atoms with Crippen molar-refractivity contribution in [3.05, 3.63) is 16.2 Å². The first kappa shape index (κ1) is 25.7. The molecule has 0 spiro atoms. The summed E-state index contributed by atoms with van der Waals surface area (Å²) in [6.07, 6.45) is -3.56. The third-order valence-electron chi connectivity index (χ3n) is 5.04. The predicted octanol–water partition coefficient (Wildman–Crippen LogP) is 1.12. The van der Waals surface area contributed by atoms with Crippen LogP contribution in [0.2, 0.25) is 0 Å². The van der Waals surface area contributed by atoms with Crippen LogP contribution in [0.4, 0.5) is 10.3 Å². The summed E-state index contributed by atoms with van der Waals surface area (Å²) in [5.41, 5.74) is -0.426. The molecule has 2 bridgehead atoms. The molecule has 2 aromatic rings. The van der Waals surface area contributed by atoms with E-state index in [0.29, 0.717) is 0 Å². The number of hydrogen-bond acceptors (Lipinski definition) is 10. The number of ether oxygens (including phenoxy) is 1. The van der Waals surface area contributed by atoms with E-state index >= 15 is 0 Å². The number of imidazole rings is 1.